The van der Waals surface area contributed by atoms with Gasteiger partial charge in [0.15, 0.2) is 5.78 Å². The van der Waals surface area contributed by atoms with Gasteiger partial charge >= 0.3 is 6.09 Å². The Morgan fingerprint density at radius 1 is 1.02 bits per heavy atom. The zero-order chi connectivity index (χ0) is 30.5. The average molecular weight is 580 g/mol. The van der Waals surface area contributed by atoms with Crippen LogP contribution >= 0.6 is 0 Å². The van der Waals surface area contributed by atoms with Crippen molar-refractivity contribution in [1.29, 1.82) is 0 Å². The molecule has 0 saturated heterocycles. The third-order valence-electron chi connectivity index (χ3n) is 10.6. The fourth-order valence-corrected chi connectivity index (χ4v) is 15.4. The number of ketones is 1. The molecule has 1 aliphatic heterocycles. The second kappa shape index (κ2) is 13.9. The van der Waals surface area contributed by atoms with Crippen LogP contribution in [0.2, 0.25) is 16.6 Å². The van der Waals surface area contributed by atoms with Crippen LogP contribution in [0.3, 0.4) is 0 Å². The van der Waals surface area contributed by atoms with Crippen molar-refractivity contribution in [2.24, 2.45) is 11.8 Å². The molecule has 1 aromatic carbocycles. The van der Waals surface area contributed by atoms with Gasteiger partial charge in [-0.15, -0.1) is 6.58 Å². The quantitative estimate of drug-likeness (QED) is 0.194. The molecular formula is C36H57NO3Si. The van der Waals surface area contributed by atoms with Crippen molar-refractivity contribution in [3.8, 4) is 0 Å². The molecule has 1 amide bonds. The van der Waals surface area contributed by atoms with Crippen molar-refractivity contribution in [3.05, 3.63) is 59.9 Å². The van der Waals surface area contributed by atoms with Gasteiger partial charge in [-0.2, -0.15) is 0 Å². The number of hydrogen-bond donors (Lipinski definition) is 0. The molecule has 1 fully saturated rings. The predicted octanol–water partition coefficient (Wildman–Crippen LogP) is 10.0. The summed E-state index contributed by atoms with van der Waals surface area (Å²) >= 11 is 0. The molecule has 1 aliphatic carbocycles. The molecule has 0 unspecified atom stereocenters. The molecule has 0 spiro atoms. The molecule has 1 heterocycles. The first-order valence-electron chi connectivity index (χ1n) is 16.2. The first kappa shape index (κ1) is 33.4. The standard InChI is InChI=1S/C36H57NO3Si/c1-11-17-28(8)22-30-23-32(38)34(41(25(2)3,26(4)5)27(6)7)24-37(30)35(39)40-33-21-16-15-20-31(33)36(9,10)29-18-13-12-14-19-29/h11-14,18-19,24-28,30-31,33H,1,15-17,20-23H2,2-10H3/t28-,30-,31-,33-/m1/s1. The van der Waals surface area contributed by atoms with E-state index in [1.54, 1.807) is 0 Å². The van der Waals surface area contributed by atoms with Crippen LogP contribution in [0.5, 0.6) is 0 Å². The van der Waals surface area contributed by atoms with Gasteiger partial charge in [0.2, 0.25) is 0 Å². The van der Waals surface area contributed by atoms with E-state index in [9.17, 15) is 9.59 Å². The maximum absolute atomic E-state index is 14.3. The third kappa shape index (κ3) is 6.92. The first-order chi connectivity index (χ1) is 19.3. The summed E-state index contributed by atoms with van der Waals surface area (Å²) in [6, 6.07) is 10.5. The van der Waals surface area contributed by atoms with Crippen LogP contribution in [0, 0.1) is 11.8 Å². The molecular weight excluding hydrogens is 522 g/mol. The number of rotatable bonds is 11. The van der Waals surface area contributed by atoms with Crippen molar-refractivity contribution in [2.75, 3.05) is 0 Å². The Morgan fingerprint density at radius 3 is 2.17 bits per heavy atom. The summed E-state index contributed by atoms with van der Waals surface area (Å²) in [7, 11) is -2.26. The molecule has 3 rings (SSSR count). The molecule has 1 aromatic rings. The lowest BCUT2D eigenvalue weighted by Crippen LogP contribution is -2.54. The maximum atomic E-state index is 14.3. The number of nitrogens with zero attached hydrogens (tertiary/aromatic N) is 1. The summed E-state index contributed by atoms with van der Waals surface area (Å²) in [4.78, 5) is 30.1. The van der Waals surface area contributed by atoms with E-state index in [0.717, 1.165) is 43.7 Å². The number of ether oxygens (including phenoxy) is 1. The van der Waals surface area contributed by atoms with Gasteiger partial charge in [0.05, 0.1) is 0 Å². The Labute approximate surface area is 252 Å². The topological polar surface area (TPSA) is 46.6 Å². The van der Waals surface area contributed by atoms with Crippen LogP contribution in [0.15, 0.2) is 54.4 Å². The molecule has 1 saturated carbocycles. The molecule has 0 N–H and O–H groups in total. The predicted molar refractivity (Wildman–Crippen MR) is 175 cm³/mol. The minimum absolute atomic E-state index is 0.113. The molecule has 0 aromatic heterocycles. The minimum Gasteiger partial charge on any atom is -0.446 e. The normalized spacial score (nSPS) is 23.1. The first-order valence-corrected chi connectivity index (χ1v) is 18.4. The van der Waals surface area contributed by atoms with Crippen molar-refractivity contribution in [1.82, 2.24) is 4.90 Å². The fourth-order valence-electron chi connectivity index (χ4n) is 8.60. The van der Waals surface area contributed by atoms with Crippen molar-refractivity contribution < 1.29 is 14.3 Å². The van der Waals surface area contributed by atoms with E-state index in [1.165, 1.54) is 5.56 Å². The van der Waals surface area contributed by atoms with Crippen LogP contribution in [0.1, 0.15) is 113 Å². The number of amides is 1. The Bertz CT molecular complexity index is 1050. The monoisotopic (exact) mass is 579 g/mol. The lowest BCUT2D eigenvalue weighted by molar-refractivity contribution is -0.117. The van der Waals surface area contributed by atoms with Crippen molar-refractivity contribution in [2.45, 2.75) is 141 Å². The molecule has 41 heavy (non-hydrogen) atoms. The van der Waals surface area contributed by atoms with Crippen LogP contribution in [0.4, 0.5) is 4.79 Å². The molecule has 4 nitrogen and oxygen atoms in total. The summed E-state index contributed by atoms with van der Waals surface area (Å²) in [5.41, 5.74) is 2.35. The molecule has 0 radical (unpaired) electrons. The van der Waals surface area contributed by atoms with E-state index in [0.29, 0.717) is 29.0 Å². The number of carbonyl (C=O) groups is 2. The fraction of sp³-hybridized carbons (Fsp3) is 0.667. The van der Waals surface area contributed by atoms with E-state index in [1.807, 2.05) is 17.2 Å². The summed E-state index contributed by atoms with van der Waals surface area (Å²) in [6.07, 6.45) is 9.67. The molecule has 228 valence electrons. The highest BCUT2D eigenvalue weighted by atomic mass is 28.3. The van der Waals surface area contributed by atoms with E-state index in [2.05, 4.69) is 99.2 Å². The van der Waals surface area contributed by atoms with E-state index >= 15 is 0 Å². The van der Waals surface area contributed by atoms with E-state index in [4.69, 9.17) is 4.74 Å². The van der Waals surface area contributed by atoms with Gasteiger partial charge < -0.3 is 4.74 Å². The average Bonchev–Trinajstić information content (AvgIpc) is 2.90. The van der Waals surface area contributed by atoms with Crippen LogP contribution in [-0.4, -0.2) is 37.0 Å². The molecule has 0 bridgehead atoms. The van der Waals surface area contributed by atoms with Gasteiger partial charge in [0, 0.05) is 24.6 Å². The van der Waals surface area contributed by atoms with E-state index < -0.39 is 8.07 Å². The van der Waals surface area contributed by atoms with Crippen molar-refractivity contribution >= 4 is 20.0 Å². The van der Waals surface area contributed by atoms with E-state index in [-0.39, 0.29) is 35.4 Å². The third-order valence-corrected chi connectivity index (χ3v) is 17.6. The van der Waals surface area contributed by atoms with Gasteiger partial charge in [-0.3, -0.25) is 9.69 Å². The summed E-state index contributed by atoms with van der Waals surface area (Å²) < 4.78 is 6.53. The van der Waals surface area contributed by atoms with Crippen molar-refractivity contribution in [3.63, 3.8) is 0 Å². The number of hydrogen-bond acceptors (Lipinski definition) is 3. The van der Waals surface area contributed by atoms with Crippen LogP contribution < -0.4 is 0 Å². The number of Topliss-reactive ketones (excluding diaryl/α,β-unsaturated/α-hetero) is 1. The van der Waals surface area contributed by atoms with Crippen LogP contribution in [0.25, 0.3) is 0 Å². The Morgan fingerprint density at radius 2 is 1.61 bits per heavy atom. The summed E-state index contributed by atoms with van der Waals surface area (Å²) in [5, 5.41) is 0.937. The number of carbonyl (C=O) groups excluding carboxylic acids is 2. The van der Waals surface area contributed by atoms with Gasteiger partial charge in [0.25, 0.3) is 0 Å². The summed E-state index contributed by atoms with van der Waals surface area (Å²) in [6.45, 7) is 24.4. The number of benzene rings is 1. The maximum Gasteiger partial charge on any atom is 0.414 e. The lowest BCUT2D eigenvalue weighted by Gasteiger charge is -2.47. The molecule has 4 atom stereocenters. The smallest absolute Gasteiger partial charge is 0.414 e. The summed E-state index contributed by atoms with van der Waals surface area (Å²) in [5.74, 6) is 0.816. The highest BCUT2D eigenvalue weighted by molar-refractivity contribution is 6.93. The highest BCUT2D eigenvalue weighted by Gasteiger charge is 2.51. The molecule has 2 aliphatic rings. The molecule has 5 heteroatoms. The SMILES string of the molecule is C=CC[C@@H](C)C[C@@H]1CC(=O)C([Si](C(C)C)(C(C)C)C(C)C)=CN1C(=O)O[C@@H]1CCCC[C@H]1C(C)(C)c1ccccc1. The lowest BCUT2D eigenvalue weighted by atomic mass is 9.66. The van der Waals surface area contributed by atoms with Gasteiger partial charge in [-0.05, 0) is 70.8 Å². The highest BCUT2D eigenvalue weighted by Crippen LogP contribution is 2.49. The zero-order valence-corrected chi connectivity index (χ0v) is 28.4. The Hall–Kier alpha value is -2.14. The second-order valence-corrected chi connectivity index (χ2v) is 20.3. The van der Waals surface area contributed by atoms with Crippen LogP contribution in [-0.2, 0) is 14.9 Å². The Balaban J connectivity index is 2.02. The van der Waals surface area contributed by atoms with Gasteiger partial charge in [-0.1, -0.05) is 105 Å². The minimum atomic E-state index is -2.26. The number of allylic oxidation sites excluding steroid dienone is 2. The van der Waals surface area contributed by atoms with Gasteiger partial charge in [0.1, 0.15) is 14.2 Å². The second-order valence-electron chi connectivity index (χ2n) is 14.4. The largest absolute Gasteiger partial charge is 0.446 e. The zero-order valence-electron chi connectivity index (χ0n) is 27.4. The Kier molecular flexibility index (Phi) is 11.3. The van der Waals surface area contributed by atoms with Gasteiger partial charge in [-0.25, -0.2) is 4.79 Å².